The maximum absolute atomic E-state index is 13.5. The highest BCUT2D eigenvalue weighted by atomic mass is 19.4. The minimum Gasteiger partial charge on any atom is -0.396 e. The summed E-state index contributed by atoms with van der Waals surface area (Å²) >= 11 is 0. The van der Waals surface area contributed by atoms with Crippen LogP contribution in [0.4, 0.5) is 32.0 Å². The van der Waals surface area contributed by atoms with Gasteiger partial charge in [0.25, 0.3) is 11.8 Å². The second kappa shape index (κ2) is 12.0. The molecule has 1 heterocycles. The average molecular weight is 579 g/mol. The molecule has 13 heteroatoms. The molecule has 0 bridgehead atoms. The van der Waals surface area contributed by atoms with Crippen LogP contribution in [0.25, 0.3) is 11.0 Å². The molecule has 4 aromatic rings. The van der Waals surface area contributed by atoms with Crippen LogP contribution in [0.1, 0.15) is 56.1 Å². The normalized spacial score (nSPS) is 12.0. The molecule has 1 aromatic heterocycles. The number of carbonyl (C=O) groups excluding carboxylic acids is 2. The van der Waals surface area contributed by atoms with Gasteiger partial charge in [-0.1, -0.05) is 30.3 Å². The number of anilines is 1. The average Bonchev–Trinajstić information content (AvgIpc) is 3.33. The van der Waals surface area contributed by atoms with Gasteiger partial charge in [0.2, 0.25) is 0 Å². The molecule has 4 N–H and O–H groups in total. The molecule has 3 aromatic carbocycles. The largest absolute Gasteiger partial charge is 0.417 e. The van der Waals surface area contributed by atoms with Crippen LogP contribution in [0, 0.1) is 0 Å². The van der Waals surface area contributed by atoms with Gasteiger partial charge in [-0.3, -0.25) is 9.59 Å². The summed E-state index contributed by atoms with van der Waals surface area (Å²) in [6.45, 7) is -0.512. The summed E-state index contributed by atoms with van der Waals surface area (Å²) in [6, 6.07) is 11.5. The first kappa shape index (κ1) is 29.6. The highest BCUT2D eigenvalue weighted by Crippen LogP contribution is 2.33. The van der Waals surface area contributed by atoms with E-state index >= 15 is 0 Å². The van der Waals surface area contributed by atoms with Crippen LogP contribution in [0.2, 0.25) is 0 Å². The smallest absolute Gasteiger partial charge is 0.396 e. The molecule has 0 unspecified atom stereocenters. The zero-order chi connectivity index (χ0) is 29.8. The van der Waals surface area contributed by atoms with Gasteiger partial charge in [-0.05, 0) is 48.7 Å². The molecule has 7 nitrogen and oxygen atoms in total. The highest BCUT2D eigenvalue weighted by molar-refractivity contribution is 6.10. The first-order chi connectivity index (χ1) is 19.4. The van der Waals surface area contributed by atoms with E-state index in [1.807, 2.05) is 0 Å². The summed E-state index contributed by atoms with van der Waals surface area (Å²) in [6.07, 6.45) is -7.98. The summed E-state index contributed by atoms with van der Waals surface area (Å²) in [7, 11) is 0. The Kier molecular flexibility index (Phi) is 8.66. The summed E-state index contributed by atoms with van der Waals surface area (Å²) in [5.74, 6) is -1.45. The number of alkyl halides is 6. The molecule has 0 aliphatic heterocycles. The Morgan fingerprint density at radius 3 is 2.17 bits per heavy atom. The molecular weight excluding hydrogens is 554 g/mol. The predicted octanol–water partition coefficient (Wildman–Crippen LogP) is 6.10. The number of H-pyrrole nitrogens is 1. The van der Waals surface area contributed by atoms with Gasteiger partial charge in [-0.25, -0.2) is 4.98 Å². The molecule has 0 atom stereocenters. The molecule has 0 radical (unpaired) electrons. The third kappa shape index (κ3) is 7.04. The van der Waals surface area contributed by atoms with Gasteiger partial charge < -0.3 is 20.7 Å². The van der Waals surface area contributed by atoms with Crippen LogP contribution < -0.4 is 10.6 Å². The number of aryl methyl sites for hydroxylation is 1. The number of aromatic nitrogens is 2. The fraction of sp³-hybridized carbons (Fsp3) is 0.250. The molecule has 4 rings (SSSR count). The number of hydrogen-bond donors (Lipinski definition) is 4. The zero-order valence-electron chi connectivity index (χ0n) is 21.3. The van der Waals surface area contributed by atoms with Crippen molar-refractivity contribution in [3.8, 4) is 0 Å². The van der Waals surface area contributed by atoms with Crippen molar-refractivity contribution < 1.29 is 41.0 Å². The van der Waals surface area contributed by atoms with Crippen molar-refractivity contribution in [1.29, 1.82) is 0 Å². The second-order valence-corrected chi connectivity index (χ2v) is 9.12. The van der Waals surface area contributed by atoms with Gasteiger partial charge in [-0.2, -0.15) is 26.3 Å². The quantitative estimate of drug-likeness (QED) is 0.142. The summed E-state index contributed by atoms with van der Waals surface area (Å²) in [4.78, 5) is 33.5. The zero-order valence-corrected chi connectivity index (χ0v) is 21.3. The van der Waals surface area contributed by atoms with E-state index in [0.717, 1.165) is 24.3 Å². The van der Waals surface area contributed by atoms with E-state index in [1.54, 1.807) is 0 Å². The number of aliphatic hydroxyl groups is 1. The first-order valence-corrected chi connectivity index (χ1v) is 12.4. The first-order valence-electron chi connectivity index (χ1n) is 12.4. The maximum Gasteiger partial charge on any atom is 0.417 e. The number of unbranched alkanes of at least 4 members (excludes halogenated alkanes) is 1. The van der Waals surface area contributed by atoms with Crippen molar-refractivity contribution in [2.45, 2.75) is 38.2 Å². The van der Waals surface area contributed by atoms with Crippen molar-refractivity contribution in [2.75, 3.05) is 11.9 Å². The number of benzene rings is 3. The van der Waals surface area contributed by atoms with Crippen molar-refractivity contribution in [3.05, 3.63) is 94.3 Å². The molecule has 0 aliphatic rings. The number of fused-ring (bicyclic) bond motifs is 1. The topological polar surface area (TPSA) is 107 Å². The van der Waals surface area contributed by atoms with Crippen molar-refractivity contribution in [2.24, 2.45) is 0 Å². The van der Waals surface area contributed by atoms with E-state index < -0.39 is 47.4 Å². The summed E-state index contributed by atoms with van der Waals surface area (Å²) in [5.41, 5.74) is -2.60. The fourth-order valence-corrected chi connectivity index (χ4v) is 4.28. The second-order valence-electron chi connectivity index (χ2n) is 9.12. The third-order valence-corrected chi connectivity index (χ3v) is 6.20. The Bertz CT molecular complexity index is 1560. The SMILES string of the molecule is O=C(Nc1cc(C(=O)NCc2ccccc2C(F)(F)F)c2nc(CCCCO)[nH]c2c1)c1ccccc1C(F)(F)F. The fourth-order valence-electron chi connectivity index (χ4n) is 4.28. The van der Waals surface area contributed by atoms with Gasteiger partial charge >= 0.3 is 12.4 Å². The van der Waals surface area contributed by atoms with Crippen molar-refractivity contribution in [1.82, 2.24) is 15.3 Å². The number of hydrogen-bond acceptors (Lipinski definition) is 4. The van der Waals surface area contributed by atoms with Gasteiger partial charge in [0.1, 0.15) is 11.3 Å². The Morgan fingerprint density at radius 1 is 0.829 bits per heavy atom. The molecule has 0 spiro atoms. The lowest BCUT2D eigenvalue weighted by atomic mass is 10.1. The Balaban J connectivity index is 1.67. The van der Waals surface area contributed by atoms with Crippen LogP contribution in [0.15, 0.2) is 60.7 Å². The molecular formula is C28H24F6N4O3. The predicted molar refractivity (Wildman–Crippen MR) is 138 cm³/mol. The minimum absolute atomic E-state index is 0.0362. The molecule has 41 heavy (non-hydrogen) atoms. The number of halogens is 6. The molecule has 0 saturated heterocycles. The molecule has 216 valence electrons. The minimum atomic E-state index is -4.79. The standard InChI is InChI=1S/C28H24F6N4O3/c29-27(30,31)20-9-3-1-7-16(20)15-35-25(40)19-13-17(14-22-24(19)38-23(37-22)11-5-6-12-39)36-26(41)18-8-2-4-10-21(18)28(32,33)34/h1-4,7-10,13-14,39H,5-6,11-12,15H2,(H,35,40)(H,36,41)(H,37,38). The van der Waals surface area contributed by atoms with E-state index in [0.29, 0.717) is 25.1 Å². The maximum atomic E-state index is 13.5. The van der Waals surface area contributed by atoms with Crippen molar-refractivity contribution >= 4 is 28.5 Å². The number of carbonyl (C=O) groups is 2. The van der Waals surface area contributed by atoms with Crippen LogP contribution in [-0.2, 0) is 25.3 Å². The van der Waals surface area contributed by atoms with Crippen LogP contribution >= 0.6 is 0 Å². The van der Waals surface area contributed by atoms with Gasteiger partial charge in [-0.15, -0.1) is 0 Å². The lowest BCUT2D eigenvalue weighted by Crippen LogP contribution is -2.25. The molecule has 2 amide bonds. The number of amides is 2. The molecule has 0 aliphatic carbocycles. The highest BCUT2D eigenvalue weighted by Gasteiger charge is 2.35. The Morgan fingerprint density at radius 2 is 1.49 bits per heavy atom. The van der Waals surface area contributed by atoms with Gasteiger partial charge in [0, 0.05) is 25.3 Å². The number of nitrogens with one attached hydrogen (secondary N) is 3. The molecule has 0 saturated carbocycles. The van der Waals surface area contributed by atoms with Gasteiger partial charge in [0.05, 0.1) is 27.8 Å². The van der Waals surface area contributed by atoms with E-state index in [2.05, 4.69) is 20.6 Å². The van der Waals surface area contributed by atoms with E-state index in [9.17, 15) is 35.9 Å². The summed E-state index contributed by atoms with van der Waals surface area (Å²) < 4.78 is 80.5. The Hall–Kier alpha value is -4.39. The van der Waals surface area contributed by atoms with Crippen LogP contribution in [0.3, 0.4) is 0 Å². The molecule has 0 fully saturated rings. The lowest BCUT2D eigenvalue weighted by molar-refractivity contribution is -0.138. The third-order valence-electron chi connectivity index (χ3n) is 6.20. The van der Waals surface area contributed by atoms with Crippen molar-refractivity contribution in [3.63, 3.8) is 0 Å². The van der Waals surface area contributed by atoms with E-state index in [1.165, 1.54) is 36.4 Å². The Labute approximate surface area is 229 Å². The number of aromatic amines is 1. The number of aliphatic hydroxyl groups excluding tert-OH is 1. The lowest BCUT2D eigenvalue weighted by Gasteiger charge is -2.14. The van der Waals surface area contributed by atoms with Crippen LogP contribution in [-0.4, -0.2) is 33.5 Å². The number of imidazole rings is 1. The van der Waals surface area contributed by atoms with Gasteiger partial charge in [0.15, 0.2) is 0 Å². The van der Waals surface area contributed by atoms with Crippen LogP contribution in [0.5, 0.6) is 0 Å². The summed E-state index contributed by atoms with van der Waals surface area (Å²) in [5, 5.41) is 13.9. The monoisotopic (exact) mass is 578 g/mol. The number of nitrogens with zero attached hydrogens (tertiary/aromatic N) is 1. The van der Waals surface area contributed by atoms with E-state index in [-0.39, 0.29) is 34.5 Å². The van der Waals surface area contributed by atoms with E-state index in [4.69, 9.17) is 5.11 Å². The number of rotatable bonds is 9.